The molecular weight excluding hydrogens is 316 g/mol. The van der Waals surface area contributed by atoms with Gasteiger partial charge in [-0.3, -0.25) is 4.79 Å². The molecular formula is C19H22N4O2. The molecule has 0 atom stereocenters. The van der Waals surface area contributed by atoms with Crippen molar-refractivity contribution in [1.29, 1.82) is 0 Å². The van der Waals surface area contributed by atoms with Crippen LogP contribution in [0.3, 0.4) is 0 Å². The van der Waals surface area contributed by atoms with Gasteiger partial charge in [-0.15, -0.1) is 5.10 Å². The van der Waals surface area contributed by atoms with Crippen LogP contribution < -0.4 is 5.56 Å². The Kier molecular flexibility index (Phi) is 5.28. The molecule has 2 aromatic heterocycles. The number of unbranched alkanes of at least 4 members (excludes halogenated alkanes) is 2. The zero-order valence-corrected chi connectivity index (χ0v) is 14.3. The first kappa shape index (κ1) is 17.0. The van der Waals surface area contributed by atoms with Crippen LogP contribution in [-0.4, -0.2) is 24.7 Å². The van der Waals surface area contributed by atoms with E-state index in [4.69, 9.17) is 0 Å². The molecule has 0 bridgehead atoms. The van der Waals surface area contributed by atoms with Crippen molar-refractivity contribution >= 4 is 0 Å². The summed E-state index contributed by atoms with van der Waals surface area (Å²) in [5.41, 5.74) is 2.85. The Bertz CT molecular complexity index is 898. The fraction of sp³-hybridized carbons (Fsp3) is 0.316. The van der Waals surface area contributed by atoms with Gasteiger partial charge in [0.15, 0.2) is 5.75 Å². The molecule has 3 aromatic rings. The number of aromatic hydroxyl groups is 1. The number of pyridine rings is 1. The van der Waals surface area contributed by atoms with Crippen molar-refractivity contribution in [1.82, 2.24) is 19.6 Å². The van der Waals surface area contributed by atoms with Crippen molar-refractivity contribution in [3.63, 3.8) is 0 Å². The maximum absolute atomic E-state index is 11.7. The molecule has 130 valence electrons. The van der Waals surface area contributed by atoms with Gasteiger partial charge in [-0.05, 0) is 49.9 Å². The summed E-state index contributed by atoms with van der Waals surface area (Å²) in [6, 6.07) is 11.2. The lowest BCUT2D eigenvalue weighted by Crippen LogP contribution is -2.18. The van der Waals surface area contributed by atoms with Crippen molar-refractivity contribution in [2.24, 2.45) is 0 Å². The van der Waals surface area contributed by atoms with Gasteiger partial charge in [-0.25, -0.2) is 4.68 Å². The molecule has 6 nitrogen and oxygen atoms in total. The third kappa shape index (κ3) is 4.15. The van der Waals surface area contributed by atoms with Gasteiger partial charge >= 0.3 is 0 Å². The van der Waals surface area contributed by atoms with Gasteiger partial charge in [0.05, 0.1) is 17.6 Å². The zero-order chi connectivity index (χ0) is 17.6. The number of aromatic nitrogens is 4. The predicted octanol–water partition coefficient (Wildman–Crippen LogP) is 2.86. The smallest absolute Gasteiger partial charge is 0.292 e. The maximum Gasteiger partial charge on any atom is 0.292 e. The summed E-state index contributed by atoms with van der Waals surface area (Å²) in [5.74, 6) is -0.199. The van der Waals surface area contributed by atoms with Crippen LogP contribution in [0, 0.1) is 6.92 Å². The van der Waals surface area contributed by atoms with Gasteiger partial charge in [-0.1, -0.05) is 29.8 Å². The Balaban J connectivity index is 1.48. The number of nitrogens with zero attached hydrogens (tertiary/aromatic N) is 4. The van der Waals surface area contributed by atoms with Crippen LogP contribution in [0.1, 0.15) is 30.5 Å². The lowest BCUT2D eigenvalue weighted by Gasteiger charge is -2.05. The van der Waals surface area contributed by atoms with Gasteiger partial charge in [0.2, 0.25) is 0 Å². The number of rotatable bonds is 7. The molecule has 2 heterocycles. The van der Waals surface area contributed by atoms with Crippen molar-refractivity contribution < 1.29 is 5.11 Å². The first-order valence-corrected chi connectivity index (χ1v) is 8.51. The summed E-state index contributed by atoms with van der Waals surface area (Å²) in [5, 5.41) is 17.9. The van der Waals surface area contributed by atoms with Crippen LogP contribution in [0.4, 0.5) is 0 Å². The van der Waals surface area contributed by atoms with Gasteiger partial charge in [0, 0.05) is 12.7 Å². The Labute approximate surface area is 146 Å². The van der Waals surface area contributed by atoms with Crippen molar-refractivity contribution in [3.05, 3.63) is 70.4 Å². The first-order chi connectivity index (χ1) is 12.1. The van der Waals surface area contributed by atoms with E-state index in [0.29, 0.717) is 6.54 Å². The summed E-state index contributed by atoms with van der Waals surface area (Å²) >= 11 is 0. The Hall–Kier alpha value is -2.89. The van der Waals surface area contributed by atoms with Gasteiger partial charge < -0.3 is 9.67 Å². The minimum atomic E-state index is -0.330. The molecule has 1 aromatic carbocycles. The molecule has 0 aliphatic heterocycles. The van der Waals surface area contributed by atoms with Gasteiger partial charge in [0.25, 0.3) is 5.56 Å². The second-order valence-electron chi connectivity index (χ2n) is 6.14. The lowest BCUT2D eigenvalue weighted by molar-refractivity contribution is 0.453. The summed E-state index contributed by atoms with van der Waals surface area (Å²) in [6.07, 6.45) is 7.40. The monoisotopic (exact) mass is 338 g/mol. The number of hydrogen-bond donors (Lipinski definition) is 1. The number of hydrogen-bond acceptors (Lipinski definition) is 4. The predicted molar refractivity (Wildman–Crippen MR) is 96.0 cm³/mol. The molecule has 0 fully saturated rings. The third-order valence-electron chi connectivity index (χ3n) is 4.24. The molecule has 0 spiro atoms. The van der Waals surface area contributed by atoms with Crippen LogP contribution in [0.25, 0.3) is 5.69 Å². The Morgan fingerprint density at radius 3 is 2.76 bits per heavy atom. The summed E-state index contributed by atoms with van der Waals surface area (Å²) < 4.78 is 3.36. The highest BCUT2D eigenvalue weighted by Crippen LogP contribution is 2.13. The van der Waals surface area contributed by atoms with Crippen LogP contribution in [-0.2, 0) is 13.0 Å². The maximum atomic E-state index is 11.7. The SMILES string of the molecule is Cc1ccccc1-n1cc(CCCCCn2cccc(O)c2=O)nn1. The minimum Gasteiger partial charge on any atom is -0.503 e. The third-order valence-corrected chi connectivity index (χ3v) is 4.24. The van der Waals surface area contributed by atoms with E-state index < -0.39 is 0 Å². The number of benzene rings is 1. The Morgan fingerprint density at radius 2 is 1.92 bits per heavy atom. The van der Waals surface area contributed by atoms with Crippen LogP contribution >= 0.6 is 0 Å². The van der Waals surface area contributed by atoms with Gasteiger partial charge in [-0.2, -0.15) is 0 Å². The normalized spacial score (nSPS) is 10.9. The molecule has 0 saturated heterocycles. The lowest BCUT2D eigenvalue weighted by atomic mass is 10.1. The van der Waals surface area contributed by atoms with Gasteiger partial charge in [0.1, 0.15) is 0 Å². The zero-order valence-electron chi connectivity index (χ0n) is 14.3. The largest absolute Gasteiger partial charge is 0.503 e. The standard InChI is InChI=1S/C19H22N4O2/c1-15-8-4-5-10-17(15)23-14-16(20-21-23)9-3-2-6-12-22-13-7-11-18(24)19(22)25/h4-5,7-8,10-11,13-14,24H,2-3,6,9,12H2,1H3. The van der Waals surface area contributed by atoms with E-state index in [1.807, 2.05) is 29.1 Å². The molecule has 1 N–H and O–H groups in total. The Morgan fingerprint density at radius 1 is 1.08 bits per heavy atom. The average Bonchev–Trinajstić information content (AvgIpc) is 3.07. The first-order valence-electron chi connectivity index (χ1n) is 8.51. The highest BCUT2D eigenvalue weighted by atomic mass is 16.3. The van der Waals surface area contributed by atoms with E-state index >= 15 is 0 Å². The summed E-state index contributed by atoms with van der Waals surface area (Å²) in [7, 11) is 0. The fourth-order valence-electron chi connectivity index (χ4n) is 2.82. The van der Waals surface area contributed by atoms with Crippen LogP contribution in [0.15, 0.2) is 53.6 Å². The van der Waals surface area contributed by atoms with Crippen LogP contribution in [0.2, 0.25) is 0 Å². The van der Waals surface area contributed by atoms with Crippen molar-refractivity contribution in [2.45, 2.75) is 39.2 Å². The second-order valence-corrected chi connectivity index (χ2v) is 6.14. The highest BCUT2D eigenvalue weighted by Gasteiger charge is 2.05. The summed E-state index contributed by atoms with van der Waals surface area (Å²) in [4.78, 5) is 11.7. The molecule has 0 aliphatic rings. The molecule has 0 saturated carbocycles. The fourth-order valence-corrected chi connectivity index (χ4v) is 2.82. The van der Waals surface area contributed by atoms with E-state index in [2.05, 4.69) is 23.3 Å². The van der Waals surface area contributed by atoms with Crippen molar-refractivity contribution in [2.75, 3.05) is 0 Å². The quantitative estimate of drug-likeness (QED) is 0.672. The molecule has 0 aliphatic carbocycles. The van der Waals surface area contributed by atoms with E-state index in [1.165, 1.54) is 6.07 Å². The van der Waals surface area contributed by atoms with Crippen molar-refractivity contribution in [3.8, 4) is 11.4 Å². The van der Waals surface area contributed by atoms with Crippen LogP contribution in [0.5, 0.6) is 5.75 Å². The van der Waals surface area contributed by atoms with E-state index in [1.54, 1.807) is 16.8 Å². The van der Waals surface area contributed by atoms with E-state index in [9.17, 15) is 9.90 Å². The molecule has 6 heteroatoms. The number of aryl methyl sites for hydroxylation is 3. The number of para-hydroxylation sites is 1. The van der Waals surface area contributed by atoms with E-state index in [-0.39, 0.29) is 11.3 Å². The molecule has 0 radical (unpaired) electrons. The minimum absolute atomic E-state index is 0.199. The second kappa shape index (κ2) is 7.79. The topological polar surface area (TPSA) is 72.9 Å². The van der Waals surface area contributed by atoms with E-state index in [0.717, 1.165) is 42.6 Å². The molecule has 0 amide bonds. The molecule has 3 rings (SSSR count). The highest BCUT2D eigenvalue weighted by molar-refractivity contribution is 5.38. The molecule has 0 unspecified atom stereocenters. The average molecular weight is 338 g/mol. The molecule has 25 heavy (non-hydrogen) atoms. The summed E-state index contributed by atoms with van der Waals surface area (Å²) in [6.45, 7) is 2.67.